The van der Waals surface area contributed by atoms with Crippen LogP contribution in [0.3, 0.4) is 0 Å². The first-order chi connectivity index (χ1) is 16.9. The standard InChI is InChI=1S/C33H54O3/c1-9-29(34)36-22-35-26-15-17-32(7)25(21-26)13-14-28-31(6)20-19-30(5,24(4)12-10-11-23(2)3)27(31)16-18-33(28,32)8/h9,13,23-24,26-28H,1,10-12,14-22H2,2-8H3/t24-,26?,27-,28+,30-,31-,32+,33+/m1/s1. The van der Waals surface area contributed by atoms with Gasteiger partial charge in [-0.05, 0) is 96.7 Å². The molecule has 4 rings (SSSR count). The summed E-state index contributed by atoms with van der Waals surface area (Å²) in [7, 11) is 0. The summed E-state index contributed by atoms with van der Waals surface area (Å²) in [5.74, 6) is 2.86. The van der Waals surface area contributed by atoms with Crippen molar-refractivity contribution in [2.75, 3.05) is 6.79 Å². The lowest BCUT2D eigenvalue weighted by molar-refractivity contribution is -0.162. The molecule has 0 N–H and O–H groups in total. The maximum atomic E-state index is 11.4. The molecule has 0 aliphatic heterocycles. The molecular formula is C33H54O3. The lowest BCUT2D eigenvalue weighted by Gasteiger charge is -2.66. The number of fused-ring (bicyclic) bond motifs is 5. The second kappa shape index (κ2) is 10.2. The summed E-state index contributed by atoms with van der Waals surface area (Å²) in [6.07, 6.45) is 18.1. The van der Waals surface area contributed by atoms with Gasteiger partial charge in [0.1, 0.15) is 0 Å². The Kier molecular flexibility index (Phi) is 7.94. The van der Waals surface area contributed by atoms with E-state index in [0.717, 1.165) is 36.5 Å². The Balaban J connectivity index is 1.49. The molecule has 3 fully saturated rings. The van der Waals surface area contributed by atoms with Gasteiger partial charge in [-0.2, -0.15) is 0 Å². The number of esters is 1. The summed E-state index contributed by atoms with van der Waals surface area (Å²) >= 11 is 0. The molecule has 4 aliphatic carbocycles. The molecule has 0 heterocycles. The monoisotopic (exact) mass is 498 g/mol. The summed E-state index contributed by atoms with van der Waals surface area (Å²) < 4.78 is 11.1. The van der Waals surface area contributed by atoms with Crippen molar-refractivity contribution in [2.45, 2.75) is 125 Å². The third kappa shape index (κ3) is 4.54. The molecule has 0 aromatic carbocycles. The van der Waals surface area contributed by atoms with Crippen molar-refractivity contribution in [3.63, 3.8) is 0 Å². The molecule has 1 unspecified atom stereocenters. The third-order valence-corrected chi connectivity index (χ3v) is 12.5. The van der Waals surface area contributed by atoms with Crippen molar-refractivity contribution in [3.05, 3.63) is 24.3 Å². The van der Waals surface area contributed by atoms with Crippen molar-refractivity contribution in [1.82, 2.24) is 0 Å². The van der Waals surface area contributed by atoms with Crippen molar-refractivity contribution in [3.8, 4) is 0 Å². The molecule has 0 spiro atoms. The highest BCUT2D eigenvalue weighted by molar-refractivity contribution is 5.81. The SMILES string of the molecule is C=CC(=O)OCOC1CC[C@@]2(C)C(=CC[C@H]3[C@]4(C)CC[C@](C)([C@H](C)CCCC(C)C)[C@H]4CC[C@@]32C)C1. The molecular weight excluding hydrogens is 444 g/mol. The maximum absolute atomic E-state index is 11.4. The summed E-state index contributed by atoms with van der Waals surface area (Å²) in [6.45, 7) is 21.4. The normalized spacial score (nSPS) is 42.7. The molecule has 0 bridgehead atoms. The Bertz CT molecular complexity index is 859. The number of hydrogen-bond acceptors (Lipinski definition) is 3. The largest absolute Gasteiger partial charge is 0.435 e. The van der Waals surface area contributed by atoms with Gasteiger partial charge >= 0.3 is 5.97 Å². The summed E-state index contributed by atoms with van der Waals surface area (Å²) in [5, 5.41) is 0. The molecule has 3 nitrogen and oxygen atoms in total. The Morgan fingerprint density at radius 1 is 1.06 bits per heavy atom. The quantitative estimate of drug-likeness (QED) is 0.138. The van der Waals surface area contributed by atoms with Crippen LogP contribution in [0.2, 0.25) is 0 Å². The molecule has 0 radical (unpaired) electrons. The van der Waals surface area contributed by atoms with Crippen molar-refractivity contribution in [1.29, 1.82) is 0 Å². The predicted molar refractivity (Wildman–Crippen MR) is 148 cm³/mol. The van der Waals surface area contributed by atoms with Crippen LogP contribution in [0.4, 0.5) is 0 Å². The molecule has 204 valence electrons. The van der Waals surface area contributed by atoms with E-state index in [-0.39, 0.29) is 18.3 Å². The second-order valence-electron chi connectivity index (χ2n) is 14.4. The number of hydrogen-bond donors (Lipinski definition) is 0. The van der Waals surface area contributed by atoms with E-state index in [0.29, 0.717) is 16.2 Å². The summed E-state index contributed by atoms with van der Waals surface area (Å²) in [5.41, 5.74) is 3.16. The molecule has 0 saturated heterocycles. The number of allylic oxidation sites excluding steroid dienone is 1. The number of carbonyl (C=O) groups is 1. The van der Waals surface area contributed by atoms with Gasteiger partial charge in [-0.25, -0.2) is 4.79 Å². The van der Waals surface area contributed by atoms with E-state index < -0.39 is 5.97 Å². The lowest BCUT2D eigenvalue weighted by Crippen LogP contribution is -2.58. The third-order valence-electron chi connectivity index (χ3n) is 12.5. The molecule has 3 saturated carbocycles. The minimum absolute atomic E-state index is 0.0348. The minimum atomic E-state index is -0.411. The number of rotatable bonds is 9. The number of carbonyl (C=O) groups excluding carboxylic acids is 1. The average Bonchev–Trinajstić information content (AvgIpc) is 3.11. The van der Waals surface area contributed by atoms with E-state index in [1.165, 1.54) is 63.9 Å². The van der Waals surface area contributed by atoms with Crippen LogP contribution in [0.25, 0.3) is 0 Å². The highest BCUT2D eigenvalue weighted by Gasteiger charge is 2.67. The maximum Gasteiger partial charge on any atom is 0.332 e. The van der Waals surface area contributed by atoms with Gasteiger partial charge in [-0.1, -0.05) is 86.0 Å². The Morgan fingerprint density at radius 2 is 1.81 bits per heavy atom. The topological polar surface area (TPSA) is 35.5 Å². The van der Waals surface area contributed by atoms with E-state index >= 15 is 0 Å². The van der Waals surface area contributed by atoms with E-state index in [2.05, 4.69) is 61.1 Å². The first-order valence-electron chi connectivity index (χ1n) is 15.0. The minimum Gasteiger partial charge on any atom is -0.435 e. The highest BCUT2D eigenvalue weighted by atomic mass is 16.7. The smallest absolute Gasteiger partial charge is 0.332 e. The zero-order valence-corrected chi connectivity index (χ0v) is 24.5. The second-order valence-corrected chi connectivity index (χ2v) is 14.4. The highest BCUT2D eigenvalue weighted by Crippen LogP contribution is 2.75. The van der Waals surface area contributed by atoms with Crippen LogP contribution in [-0.2, 0) is 14.3 Å². The molecule has 3 heteroatoms. The van der Waals surface area contributed by atoms with Crippen molar-refractivity contribution >= 4 is 5.97 Å². The molecule has 0 aromatic rings. The van der Waals surface area contributed by atoms with E-state index in [9.17, 15) is 4.79 Å². The van der Waals surface area contributed by atoms with Crippen LogP contribution in [0, 0.1) is 45.3 Å². The van der Waals surface area contributed by atoms with E-state index in [1.807, 2.05) is 0 Å². The van der Waals surface area contributed by atoms with Gasteiger partial charge in [0.25, 0.3) is 0 Å². The van der Waals surface area contributed by atoms with Gasteiger partial charge in [0.2, 0.25) is 0 Å². The van der Waals surface area contributed by atoms with Crippen LogP contribution in [0.15, 0.2) is 24.3 Å². The van der Waals surface area contributed by atoms with Crippen LogP contribution in [0.5, 0.6) is 0 Å². The first kappa shape index (κ1) is 27.9. The van der Waals surface area contributed by atoms with Gasteiger partial charge in [0.15, 0.2) is 6.79 Å². The number of ether oxygens (including phenoxy) is 2. The van der Waals surface area contributed by atoms with Crippen molar-refractivity contribution in [2.24, 2.45) is 45.3 Å². The summed E-state index contributed by atoms with van der Waals surface area (Å²) in [4.78, 5) is 11.4. The average molecular weight is 499 g/mol. The molecule has 36 heavy (non-hydrogen) atoms. The fourth-order valence-corrected chi connectivity index (χ4v) is 9.80. The van der Waals surface area contributed by atoms with Crippen LogP contribution in [0.1, 0.15) is 119 Å². The van der Waals surface area contributed by atoms with Crippen LogP contribution >= 0.6 is 0 Å². The van der Waals surface area contributed by atoms with E-state index in [4.69, 9.17) is 9.47 Å². The lowest BCUT2D eigenvalue weighted by atomic mass is 9.39. The van der Waals surface area contributed by atoms with E-state index in [1.54, 1.807) is 5.57 Å². The van der Waals surface area contributed by atoms with Crippen LogP contribution in [-0.4, -0.2) is 18.9 Å². The van der Waals surface area contributed by atoms with Crippen molar-refractivity contribution < 1.29 is 14.3 Å². The molecule has 0 amide bonds. The molecule has 0 aromatic heterocycles. The predicted octanol–water partition coefficient (Wildman–Crippen LogP) is 8.88. The first-order valence-corrected chi connectivity index (χ1v) is 15.0. The Hall–Kier alpha value is -1.09. The van der Waals surface area contributed by atoms with Gasteiger partial charge in [-0.3, -0.25) is 0 Å². The summed E-state index contributed by atoms with van der Waals surface area (Å²) in [6, 6.07) is 0. The Labute approximate surface area is 221 Å². The zero-order chi connectivity index (χ0) is 26.4. The van der Waals surface area contributed by atoms with Gasteiger partial charge in [-0.15, -0.1) is 0 Å². The Morgan fingerprint density at radius 3 is 2.50 bits per heavy atom. The van der Waals surface area contributed by atoms with Crippen LogP contribution < -0.4 is 0 Å². The van der Waals surface area contributed by atoms with Gasteiger partial charge in [0, 0.05) is 6.08 Å². The fourth-order valence-electron chi connectivity index (χ4n) is 9.80. The molecule has 8 atom stereocenters. The fraction of sp³-hybridized carbons (Fsp3) is 0.848. The zero-order valence-electron chi connectivity index (χ0n) is 24.5. The van der Waals surface area contributed by atoms with Gasteiger partial charge < -0.3 is 9.47 Å². The van der Waals surface area contributed by atoms with Gasteiger partial charge in [0.05, 0.1) is 6.10 Å². The molecule has 4 aliphatic rings.